The van der Waals surface area contributed by atoms with E-state index in [1.54, 1.807) is 12.1 Å². The van der Waals surface area contributed by atoms with E-state index in [-0.39, 0.29) is 5.78 Å². The summed E-state index contributed by atoms with van der Waals surface area (Å²) in [6.45, 7) is 1.44. The van der Waals surface area contributed by atoms with Crippen molar-refractivity contribution in [3.8, 4) is 0 Å². The zero-order valence-electron chi connectivity index (χ0n) is 9.69. The van der Waals surface area contributed by atoms with Crippen LogP contribution in [0.1, 0.15) is 27.6 Å². The molecule has 0 saturated carbocycles. The highest BCUT2D eigenvalue weighted by Crippen LogP contribution is 2.21. The number of methoxy groups -OCH3 is 1. The van der Waals surface area contributed by atoms with Crippen molar-refractivity contribution in [2.45, 2.75) is 6.92 Å². The molecule has 0 bridgehead atoms. The van der Waals surface area contributed by atoms with Gasteiger partial charge in [0, 0.05) is 5.56 Å². The van der Waals surface area contributed by atoms with Gasteiger partial charge in [0.05, 0.1) is 12.7 Å². The van der Waals surface area contributed by atoms with E-state index in [1.807, 2.05) is 24.3 Å². The Morgan fingerprint density at radius 2 is 1.53 bits per heavy atom. The summed E-state index contributed by atoms with van der Waals surface area (Å²) >= 11 is 0. The van der Waals surface area contributed by atoms with Gasteiger partial charge in [-0.2, -0.15) is 0 Å². The van der Waals surface area contributed by atoms with Crippen molar-refractivity contribution in [3.05, 3.63) is 47.5 Å². The minimum absolute atomic E-state index is 0.142. The average Bonchev–Trinajstić information content (AvgIpc) is 2.36. The van der Waals surface area contributed by atoms with Gasteiger partial charge in [-0.05, 0) is 29.8 Å². The summed E-state index contributed by atoms with van der Waals surface area (Å²) in [6.07, 6.45) is 0. The van der Waals surface area contributed by atoms with Crippen molar-refractivity contribution >= 4 is 22.5 Å². The van der Waals surface area contributed by atoms with Crippen LogP contribution in [0.15, 0.2) is 36.4 Å². The lowest BCUT2D eigenvalue weighted by atomic mass is 9.99. The van der Waals surface area contributed by atoms with E-state index < -0.39 is 5.97 Å². The highest BCUT2D eigenvalue weighted by atomic mass is 16.5. The standard InChI is InChI=1S/C14H12O3/c1-9(15)12-7-10-5-3-4-6-11(10)8-13(12)14(16)17-2/h3-8H,1-2H3. The lowest BCUT2D eigenvalue weighted by Crippen LogP contribution is -2.08. The quantitative estimate of drug-likeness (QED) is 0.586. The third kappa shape index (κ3) is 2.04. The Hall–Kier alpha value is -2.16. The number of Topliss-reactive ketones (excluding diaryl/α,β-unsaturated/α-hetero) is 1. The Bertz CT molecular complexity index is 599. The van der Waals surface area contributed by atoms with Crippen LogP contribution >= 0.6 is 0 Å². The average molecular weight is 228 g/mol. The molecule has 2 aromatic rings. The van der Waals surface area contributed by atoms with Gasteiger partial charge in [-0.1, -0.05) is 24.3 Å². The number of ketones is 1. The molecule has 0 heterocycles. The molecule has 2 rings (SSSR count). The Morgan fingerprint density at radius 1 is 1.00 bits per heavy atom. The molecular weight excluding hydrogens is 216 g/mol. The van der Waals surface area contributed by atoms with Crippen LogP contribution in [0.2, 0.25) is 0 Å². The molecule has 0 aliphatic carbocycles. The molecule has 3 heteroatoms. The van der Waals surface area contributed by atoms with Gasteiger partial charge in [0.25, 0.3) is 0 Å². The second-order valence-electron chi connectivity index (χ2n) is 3.79. The Labute approximate surface area is 99.0 Å². The first-order valence-electron chi connectivity index (χ1n) is 5.25. The van der Waals surface area contributed by atoms with Gasteiger partial charge in [0.15, 0.2) is 5.78 Å². The monoisotopic (exact) mass is 228 g/mol. The molecule has 0 fully saturated rings. The number of rotatable bonds is 2. The van der Waals surface area contributed by atoms with Crippen LogP contribution in [-0.2, 0) is 4.74 Å². The molecule has 0 radical (unpaired) electrons. The number of carbonyl (C=O) groups is 2. The summed E-state index contributed by atoms with van der Waals surface area (Å²) < 4.78 is 4.68. The topological polar surface area (TPSA) is 43.4 Å². The summed E-state index contributed by atoms with van der Waals surface area (Å²) in [4.78, 5) is 23.1. The second-order valence-corrected chi connectivity index (χ2v) is 3.79. The first kappa shape index (κ1) is 11.3. The molecule has 86 valence electrons. The molecule has 0 amide bonds. The van der Waals surface area contributed by atoms with Crippen LogP contribution in [0.4, 0.5) is 0 Å². The third-order valence-corrected chi connectivity index (χ3v) is 2.67. The molecule has 3 nitrogen and oxygen atoms in total. The molecule has 0 spiro atoms. The minimum Gasteiger partial charge on any atom is -0.465 e. The fourth-order valence-corrected chi connectivity index (χ4v) is 1.81. The van der Waals surface area contributed by atoms with Gasteiger partial charge in [0.1, 0.15) is 0 Å². The van der Waals surface area contributed by atoms with Crippen LogP contribution in [0.25, 0.3) is 10.8 Å². The van der Waals surface area contributed by atoms with E-state index >= 15 is 0 Å². The number of carbonyl (C=O) groups excluding carboxylic acids is 2. The van der Waals surface area contributed by atoms with Gasteiger partial charge in [-0.25, -0.2) is 4.79 Å². The van der Waals surface area contributed by atoms with Crippen LogP contribution < -0.4 is 0 Å². The first-order chi connectivity index (χ1) is 8.13. The number of ether oxygens (including phenoxy) is 1. The fourth-order valence-electron chi connectivity index (χ4n) is 1.81. The van der Waals surface area contributed by atoms with Crippen molar-refractivity contribution in [3.63, 3.8) is 0 Å². The molecule has 2 aromatic carbocycles. The van der Waals surface area contributed by atoms with Gasteiger partial charge >= 0.3 is 5.97 Å². The minimum atomic E-state index is -0.485. The maximum Gasteiger partial charge on any atom is 0.338 e. The molecule has 0 saturated heterocycles. The van der Waals surface area contributed by atoms with Crippen molar-refractivity contribution < 1.29 is 14.3 Å². The van der Waals surface area contributed by atoms with Crippen molar-refractivity contribution in [1.29, 1.82) is 0 Å². The summed E-state index contributed by atoms with van der Waals surface area (Å²) in [5, 5.41) is 1.85. The number of esters is 1. The Balaban J connectivity index is 2.75. The van der Waals surface area contributed by atoms with E-state index in [0.29, 0.717) is 11.1 Å². The Kier molecular flexibility index (Phi) is 2.91. The molecule has 0 unspecified atom stereocenters. The predicted molar refractivity (Wildman–Crippen MR) is 65.3 cm³/mol. The molecular formula is C14H12O3. The summed E-state index contributed by atoms with van der Waals surface area (Å²) in [5.74, 6) is -0.628. The van der Waals surface area contributed by atoms with E-state index in [4.69, 9.17) is 0 Å². The molecule has 0 aliphatic heterocycles. The first-order valence-corrected chi connectivity index (χ1v) is 5.25. The van der Waals surface area contributed by atoms with Crippen LogP contribution in [-0.4, -0.2) is 18.9 Å². The van der Waals surface area contributed by atoms with Crippen LogP contribution in [0.5, 0.6) is 0 Å². The van der Waals surface area contributed by atoms with E-state index in [2.05, 4.69) is 4.74 Å². The third-order valence-electron chi connectivity index (χ3n) is 2.67. The SMILES string of the molecule is COC(=O)c1cc2ccccc2cc1C(C)=O. The predicted octanol–water partition coefficient (Wildman–Crippen LogP) is 2.83. The van der Waals surface area contributed by atoms with Crippen LogP contribution in [0, 0.1) is 0 Å². The van der Waals surface area contributed by atoms with Gasteiger partial charge in [-0.3, -0.25) is 4.79 Å². The molecule has 0 aromatic heterocycles. The van der Waals surface area contributed by atoms with Crippen molar-refractivity contribution in [2.24, 2.45) is 0 Å². The van der Waals surface area contributed by atoms with Crippen molar-refractivity contribution in [1.82, 2.24) is 0 Å². The second kappa shape index (κ2) is 4.37. The molecule has 17 heavy (non-hydrogen) atoms. The number of fused-ring (bicyclic) bond motifs is 1. The van der Waals surface area contributed by atoms with E-state index in [9.17, 15) is 9.59 Å². The number of hydrogen-bond acceptors (Lipinski definition) is 3. The smallest absolute Gasteiger partial charge is 0.338 e. The van der Waals surface area contributed by atoms with Gasteiger partial charge in [-0.15, -0.1) is 0 Å². The Morgan fingerprint density at radius 3 is 2.00 bits per heavy atom. The molecule has 0 aliphatic rings. The normalized spacial score (nSPS) is 10.2. The van der Waals surface area contributed by atoms with E-state index in [1.165, 1.54) is 14.0 Å². The lowest BCUT2D eigenvalue weighted by molar-refractivity contribution is 0.0597. The van der Waals surface area contributed by atoms with Crippen LogP contribution in [0.3, 0.4) is 0 Å². The van der Waals surface area contributed by atoms with Crippen molar-refractivity contribution in [2.75, 3.05) is 7.11 Å². The lowest BCUT2D eigenvalue weighted by Gasteiger charge is -2.07. The maximum atomic E-state index is 11.6. The van der Waals surface area contributed by atoms with Gasteiger partial charge < -0.3 is 4.74 Å². The largest absolute Gasteiger partial charge is 0.465 e. The fraction of sp³-hybridized carbons (Fsp3) is 0.143. The summed E-state index contributed by atoms with van der Waals surface area (Å²) in [5.41, 5.74) is 0.717. The highest BCUT2D eigenvalue weighted by Gasteiger charge is 2.15. The number of hydrogen-bond donors (Lipinski definition) is 0. The molecule has 0 N–H and O–H groups in total. The maximum absolute atomic E-state index is 11.6. The van der Waals surface area contributed by atoms with E-state index in [0.717, 1.165) is 10.8 Å². The summed E-state index contributed by atoms with van der Waals surface area (Å²) in [6, 6.07) is 11.0. The summed E-state index contributed by atoms with van der Waals surface area (Å²) in [7, 11) is 1.31. The zero-order chi connectivity index (χ0) is 12.4. The highest BCUT2D eigenvalue weighted by molar-refractivity contribution is 6.09. The zero-order valence-corrected chi connectivity index (χ0v) is 9.69. The van der Waals surface area contributed by atoms with Gasteiger partial charge in [0.2, 0.25) is 0 Å². The molecule has 0 atom stereocenters. The number of benzene rings is 2.